The molecule has 6 nitrogen and oxygen atoms in total. The zero-order valence-corrected chi connectivity index (χ0v) is 17.0. The first-order valence-corrected chi connectivity index (χ1v) is 10.6. The molecule has 2 aliphatic carbocycles. The Bertz CT molecular complexity index is 1050. The highest BCUT2D eigenvalue weighted by atomic mass is 16.1. The van der Waals surface area contributed by atoms with Crippen LogP contribution in [0.15, 0.2) is 36.7 Å². The molecular weight excluding hydrogens is 362 g/mol. The summed E-state index contributed by atoms with van der Waals surface area (Å²) in [4.78, 5) is 21.8. The maximum Gasteiger partial charge on any atom is 0.251 e. The summed E-state index contributed by atoms with van der Waals surface area (Å²) in [6.45, 7) is 5.24. The average Bonchev–Trinajstić information content (AvgIpc) is 3.64. The third-order valence-corrected chi connectivity index (χ3v) is 5.54. The van der Waals surface area contributed by atoms with Crippen LogP contribution in [0.2, 0.25) is 0 Å². The summed E-state index contributed by atoms with van der Waals surface area (Å²) in [6, 6.07) is 8.17. The Morgan fingerprint density at radius 2 is 1.93 bits per heavy atom. The normalized spacial score (nSPS) is 16.4. The lowest BCUT2D eigenvalue weighted by Crippen LogP contribution is -2.25. The molecule has 3 aromatic rings. The highest BCUT2D eigenvalue weighted by molar-refractivity contribution is 5.95. The Hall–Kier alpha value is -2.89. The molecule has 2 fully saturated rings. The van der Waals surface area contributed by atoms with Crippen molar-refractivity contribution in [3.63, 3.8) is 0 Å². The number of amides is 1. The number of hydrogen-bond donors (Lipinski definition) is 2. The van der Waals surface area contributed by atoms with E-state index in [-0.39, 0.29) is 5.91 Å². The van der Waals surface area contributed by atoms with Crippen molar-refractivity contribution in [2.24, 2.45) is 5.92 Å². The number of hydrogen-bond acceptors (Lipinski definition) is 4. The molecule has 0 radical (unpaired) electrons. The fraction of sp³-hybridized carbons (Fsp3) is 0.435. The number of carbonyl (C=O) groups excluding carboxylic acids is 1. The minimum Gasteiger partial charge on any atom is -0.367 e. The zero-order chi connectivity index (χ0) is 20.0. The molecule has 2 N–H and O–H groups in total. The van der Waals surface area contributed by atoms with E-state index >= 15 is 0 Å². The molecule has 5 rings (SSSR count). The summed E-state index contributed by atoms with van der Waals surface area (Å²) < 4.78 is 2.14. The van der Waals surface area contributed by atoms with Crippen molar-refractivity contribution in [3.8, 4) is 11.3 Å². The van der Waals surface area contributed by atoms with Crippen molar-refractivity contribution >= 4 is 17.4 Å². The van der Waals surface area contributed by atoms with Crippen molar-refractivity contribution < 1.29 is 4.79 Å². The largest absolute Gasteiger partial charge is 0.367 e. The molecule has 6 heteroatoms. The molecule has 0 bridgehead atoms. The first-order valence-electron chi connectivity index (χ1n) is 10.6. The summed E-state index contributed by atoms with van der Waals surface area (Å²) in [5, 5.41) is 6.51. The number of rotatable bonds is 7. The van der Waals surface area contributed by atoms with Crippen LogP contribution in [0.5, 0.6) is 0 Å². The lowest BCUT2D eigenvalue weighted by molar-refractivity contribution is 0.0951. The van der Waals surface area contributed by atoms with Crippen LogP contribution in [0.4, 0.5) is 5.82 Å². The van der Waals surface area contributed by atoms with E-state index in [1.165, 1.54) is 12.8 Å². The van der Waals surface area contributed by atoms with E-state index in [0.717, 1.165) is 47.8 Å². The van der Waals surface area contributed by atoms with Gasteiger partial charge in [-0.3, -0.25) is 9.20 Å². The third kappa shape index (κ3) is 3.84. The second kappa shape index (κ2) is 7.17. The smallest absolute Gasteiger partial charge is 0.251 e. The van der Waals surface area contributed by atoms with Crippen LogP contribution in [0.25, 0.3) is 16.9 Å². The van der Waals surface area contributed by atoms with Gasteiger partial charge in [0.2, 0.25) is 0 Å². The van der Waals surface area contributed by atoms with Gasteiger partial charge >= 0.3 is 0 Å². The van der Waals surface area contributed by atoms with E-state index in [4.69, 9.17) is 4.98 Å². The molecule has 2 aromatic heterocycles. The van der Waals surface area contributed by atoms with Gasteiger partial charge in [0.1, 0.15) is 0 Å². The van der Waals surface area contributed by atoms with E-state index < -0.39 is 0 Å². The molecule has 29 heavy (non-hydrogen) atoms. The van der Waals surface area contributed by atoms with Gasteiger partial charge in [0, 0.05) is 35.8 Å². The summed E-state index contributed by atoms with van der Waals surface area (Å²) in [5.41, 5.74) is 4.74. The van der Waals surface area contributed by atoms with E-state index in [9.17, 15) is 4.79 Å². The van der Waals surface area contributed by atoms with Gasteiger partial charge in [0.05, 0.1) is 17.6 Å². The molecule has 2 aliphatic rings. The quantitative estimate of drug-likeness (QED) is 0.634. The maximum absolute atomic E-state index is 12.3. The Morgan fingerprint density at radius 3 is 2.59 bits per heavy atom. The second-order valence-corrected chi connectivity index (χ2v) is 8.73. The molecule has 150 valence electrons. The van der Waals surface area contributed by atoms with Crippen LogP contribution in [0, 0.1) is 5.92 Å². The lowest BCUT2D eigenvalue weighted by Gasteiger charge is -2.12. The lowest BCUT2D eigenvalue weighted by atomic mass is 10.1. The number of imidazole rings is 1. The van der Waals surface area contributed by atoms with Gasteiger partial charge in [0.25, 0.3) is 5.91 Å². The van der Waals surface area contributed by atoms with Crippen molar-refractivity contribution in [2.75, 3.05) is 11.9 Å². The topological polar surface area (TPSA) is 71.3 Å². The maximum atomic E-state index is 12.3. The standard InChI is InChI=1S/C23H27N5O/c1-14(2)11-24-21-22-25-12-20(28(22)13-19(27-21)15-3-4-15)16-5-7-17(8-6-16)23(29)26-18-9-10-18/h5-8,12-15,18H,3-4,9-11H2,1-2H3,(H,24,27)(H,26,29). The predicted molar refractivity (Wildman–Crippen MR) is 114 cm³/mol. The van der Waals surface area contributed by atoms with Gasteiger partial charge in [-0.1, -0.05) is 26.0 Å². The van der Waals surface area contributed by atoms with Crippen molar-refractivity contribution in [2.45, 2.75) is 51.5 Å². The van der Waals surface area contributed by atoms with Gasteiger partial charge in [-0.25, -0.2) is 9.97 Å². The molecule has 0 unspecified atom stereocenters. The van der Waals surface area contributed by atoms with Crippen LogP contribution in [0.3, 0.4) is 0 Å². The van der Waals surface area contributed by atoms with Crippen molar-refractivity contribution in [1.29, 1.82) is 0 Å². The van der Waals surface area contributed by atoms with Crippen LogP contribution < -0.4 is 10.6 Å². The molecule has 1 aromatic carbocycles. The van der Waals surface area contributed by atoms with Gasteiger partial charge in [-0.15, -0.1) is 0 Å². The minimum atomic E-state index is 0.0117. The average molecular weight is 390 g/mol. The van der Waals surface area contributed by atoms with Crippen LogP contribution >= 0.6 is 0 Å². The fourth-order valence-corrected chi connectivity index (χ4v) is 3.50. The summed E-state index contributed by atoms with van der Waals surface area (Å²) >= 11 is 0. The Kier molecular flexibility index (Phi) is 4.49. The summed E-state index contributed by atoms with van der Waals surface area (Å²) in [5.74, 6) is 1.96. The summed E-state index contributed by atoms with van der Waals surface area (Å²) in [7, 11) is 0. The molecule has 2 heterocycles. The van der Waals surface area contributed by atoms with E-state index in [1.54, 1.807) is 0 Å². The van der Waals surface area contributed by atoms with Gasteiger partial charge in [-0.05, 0) is 43.7 Å². The number of carbonyl (C=O) groups is 1. The van der Waals surface area contributed by atoms with E-state index in [0.29, 0.717) is 23.4 Å². The third-order valence-electron chi connectivity index (χ3n) is 5.54. The molecule has 1 amide bonds. The van der Waals surface area contributed by atoms with Gasteiger partial charge < -0.3 is 10.6 Å². The van der Waals surface area contributed by atoms with Crippen LogP contribution in [-0.2, 0) is 0 Å². The van der Waals surface area contributed by atoms with Crippen LogP contribution in [0.1, 0.15) is 61.5 Å². The highest BCUT2D eigenvalue weighted by Crippen LogP contribution is 2.40. The zero-order valence-electron chi connectivity index (χ0n) is 17.0. The van der Waals surface area contributed by atoms with Crippen LogP contribution in [-0.4, -0.2) is 32.9 Å². The number of aromatic nitrogens is 3. The monoisotopic (exact) mass is 389 g/mol. The molecular formula is C23H27N5O. The summed E-state index contributed by atoms with van der Waals surface area (Å²) in [6.07, 6.45) is 8.62. The Balaban J connectivity index is 1.48. The Morgan fingerprint density at radius 1 is 1.17 bits per heavy atom. The predicted octanol–water partition coefficient (Wildman–Crippen LogP) is 4.23. The number of nitrogens with one attached hydrogen (secondary N) is 2. The molecule has 0 aliphatic heterocycles. The van der Waals surface area contributed by atoms with Crippen molar-refractivity contribution in [1.82, 2.24) is 19.7 Å². The van der Waals surface area contributed by atoms with E-state index in [1.807, 2.05) is 30.5 Å². The SMILES string of the molecule is CC(C)CNc1nc(C2CC2)cn2c(-c3ccc(C(=O)NC4CC4)cc3)cnc12. The Labute approximate surface area is 170 Å². The minimum absolute atomic E-state index is 0.0117. The van der Waals surface area contributed by atoms with Gasteiger partial charge in [0.15, 0.2) is 11.5 Å². The number of anilines is 1. The number of nitrogens with zero attached hydrogens (tertiary/aromatic N) is 3. The highest BCUT2D eigenvalue weighted by Gasteiger charge is 2.27. The molecule has 0 atom stereocenters. The van der Waals surface area contributed by atoms with Crippen molar-refractivity contribution in [3.05, 3.63) is 47.9 Å². The number of benzene rings is 1. The van der Waals surface area contributed by atoms with E-state index in [2.05, 4.69) is 40.1 Å². The van der Waals surface area contributed by atoms with Gasteiger partial charge in [-0.2, -0.15) is 0 Å². The molecule has 2 saturated carbocycles. The number of fused-ring (bicyclic) bond motifs is 1. The fourth-order valence-electron chi connectivity index (χ4n) is 3.50. The molecule has 0 saturated heterocycles. The first-order chi connectivity index (χ1) is 14.1. The second-order valence-electron chi connectivity index (χ2n) is 8.73. The molecule has 0 spiro atoms. The first kappa shape index (κ1) is 18.2.